The Morgan fingerprint density at radius 1 is 1.13 bits per heavy atom. The van der Waals surface area contributed by atoms with Crippen LogP contribution in [0.15, 0.2) is 18.2 Å². The summed E-state index contributed by atoms with van der Waals surface area (Å²) in [5.41, 5.74) is 6.47. The van der Waals surface area contributed by atoms with Crippen LogP contribution in [-0.2, 0) is 6.42 Å². The van der Waals surface area contributed by atoms with E-state index < -0.39 is 11.6 Å². The topological polar surface area (TPSA) is 26.0 Å². The number of rotatable bonds is 3. The van der Waals surface area contributed by atoms with Crippen LogP contribution in [0.2, 0.25) is 0 Å². The summed E-state index contributed by atoms with van der Waals surface area (Å²) >= 11 is 0. The number of benzene rings is 1. The molecule has 1 aromatic rings. The Labute approximate surface area is 88.3 Å². The first-order valence-electron chi connectivity index (χ1n) is 5.34. The number of nitrogens with two attached hydrogens (primary N) is 1. The Morgan fingerprint density at radius 2 is 1.87 bits per heavy atom. The van der Waals surface area contributed by atoms with Crippen molar-refractivity contribution >= 4 is 0 Å². The minimum atomic E-state index is -0.775. The van der Waals surface area contributed by atoms with E-state index in [4.69, 9.17) is 5.73 Å². The largest absolute Gasteiger partial charge is 0.330 e. The van der Waals surface area contributed by atoms with Crippen LogP contribution in [0.25, 0.3) is 0 Å². The summed E-state index contributed by atoms with van der Waals surface area (Å²) in [4.78, 5) is 0. The first-order chi connectivity index (χ1) is 7.20. The van der Waals surface area contributed by atoms with Crippen LogP contribution in [0.3, 0.4) is 0 Å². The highest BCUT2D eigenvalue weighted by Crippen LogP contribution is 2.35. The molecular weight excluding hydrogens is 196 g/mol. The maximum atomic E-state index is 12.9. The van der Waals surface area contributed by atoms with Crippen molar-refractivity contribution in [2.45, 2.75) is 19.3 Å². The van der Waals surface area contributed by atoms with Gasteiger partial charge in [-0.05, 0) is 55.3 Å². The average Bonchev–Trinajstić information content (AvgIpc) is 2.19. The Bertz CT molecular complexity index is 349. The Hall–Kier alpha value is -0.960. The van der Waals surface area contributed by atoms with E-state index in [0.29, 0.717) is 18.4 Å². The van der Waals surface area contributed by atoms with E-state index >= 15 is 0 Å². The van der Waals surface area contributed by atoms with Crippen molar-refractivity contribution in [1.82, 2.24) is 0 Å². The van der Waals surface area contributed by atoms with E-state index in [2.05, 4.69) is 0 Å². The zero-order valence-electron chi connectivity index (χ0n) is 8.55. The van der Waals surface area contributed by atoms with E-state index in [0.717, 1.165) is 18.4 Å². The van der Waals surface area contributed by atoms with Gasteiger partial charge in [0.15, 0.2) is 11.6 Å². The van der Waals surface area contributed by atoms with Crippen molar-refractivity contribution in [2.24, 2.45) is 17.6 Å². The van der Waals surface area contributed by atoms with Crippen molar-refractivity contribution in [3.05, 3.63) is 35.4 Å². The SMILES string of the molecule is NCC1CCC1Cc1ccc(F)c(F)c1. The summed E-state index contributed by atoms with van der Waals surface area (Å²) < 4.78 is 25.6. The zero-order chi connectivity index (χ0) is 10.8. The summed E-state index contributed by atoms with van der Waals surface area (Å²) in [6, 6.07) is 4.15. The first-order valence-corrected chi connectivity index (χ1v) is 5.34. The molecule has 0 amide bonds. The third-order valence-corrected chi connectivity index (χ3v) is 3.36. The van der Waals surface area contributed by atoms with Gasteiger partial charge in [0.2, 0.25) is 0 Å². The number of hydrogen-bond donors (Lipinski definition) is 1. The molecule has 1 aromatic carbocycles. The molecule has 0 aromatic heterocycles. The molecule has 2 unspecified atom stereocenters. The molecule has 1 aliphatic carbocycles. The van der Waals surface area contributed by atoms with Gasteiger partial charge in [-0.2, -0.15) is 0 Å². The molecule has 2 rings (SSSR count). The summed E-state index contributed by atoms with van der Waals surface area (Å²) in [7, 11) is 0. The van der Waals surface area contributed by atoms with Gasteiger partial charge < -0.3 is 5.73 Å². The Morgan fingerprint density at radius 3 is 2.40 bits per heavy atom. The van der Waals surface area contributed by atoms with Gasteiger partial charge in [0, 0.05) is 0 Å². The second-order valence-corrected chi connectivity index (χ2v) is 4.29. The van der Waals surface area contributed by atoms with E-state index in [1.165, 1.54) is 18.6 Å². The summed E-state index contributed by atoms with van der Waals surface area (Å²) in [6.07, 6.45) is 3.14. The Balaban J connectivity index is 2.02. The van der Waals surface area contributed by atoms with Crippen LogP contribution in [0.5, 0.6) is 0 Å². The first kappa shape index (κ1) is 10.6. The van der Waals surface area contributed by atoms with Gasteiger partial charge in [-0.15, -0.1) is 0 Å². The van der Waals surface area contributed by atoms with Crippen LogP contribution in [0, 0.1) is 23.5 Å². The summed E-state index contributed by atoms with van der Waals surface area (Å²) in [6.45, 7) is 0.703. The smallest absolute Gasteiger partial charge is 0.159 e. The molecule has 0 heterocycles. The lowest BCUT2D eigenvalue weighted by molar-refractivity contribution is 0.183. The third-order valence-electron chi connectivity index (χ3n) is 3.36. The number of hydrogen-bond acceptors (Lipinski definition) is 1. The van der Waals surface area contributed by atoms with E-state index in [-0.39, 0.29) is 0 Å². The maximum absolute atomic E-state index is 12.9. The van der Waals surface area contributed by atoms with Crippen molar-refractivity contribution in [3.8, 4) is 0 Å². The lowest BCUT2D eigenvalue weighted by atomic mass is 9.71. The molecule has 2 N–H and O–H groups in total. The highest BCUT2D eigenvalue weighted by Gasteiger charge is 2.29. The molecule has 1 fully saturated rings. The molecule has 0 aliphatic heterocycles. The standard InChI is InChI=1S/C12H15F2N/c13-11-4-1-8(6-12(11)14)5-9-2-3-10(9)7-15/h1,4,6,9-10H,2-3,5,7,15H2. The number of halogens is 2. The monoisotopic (exact) mass is 211 g/mol. The van der Waals surface area contributed by atoms with Gasteiger partial charge in [0.05, 0.1) is 0 Å². The second kappa shape index (κ2) is 4.27. The molecule has 0 saturated heterocycles. The van der Waals surface area contributed by atoms with Crippen molar-refractivity contribution in [3.63, 3.8) is 0 Å². The molecule has 15 heavy (non-hydrogen) atoms. The molecule has 1 nitrogen and oxygen atoms in total. The molecule has 82 valence electrons. The van der Waals surface area contributed by atoms with Crippen molar-refractivity contribution in [2.75, 3.05) is 6.54 Å². The van der Waals surface area contributed by atoms with E-state index in [9.17, 15) is 8.78 Å². The fourth-order valence-corrected chi connectivity index (χ4v) is 2.19. The molecule has 1 aliphatic rings. The molecule has 0 spiro atoms. The second-order valence-electron chi connectivity index (χ2n) is 4.29. The van der Waals surface area contributed by atoms with Gasteiger partial charge in [-0.1, -0.05) is 6.07 Å². The van der Waals surface area contributed by atoms with Gasteiger partial charge >= 0.3 is 0 Å². The fourth-order valence-electron chi connectivity index (χ4n) is 2.19. The van der Waals surface area contributed by atoms with E-state index in [1.807, 2.05) is 0 Å². The van der Waals surface area contributed by atoms with Crippen LogP contribution in [0.4, 0.5) is 8.78 Å². The predicted molar refractivity (Wildman–Crippen MR) is 55.3 cm³/mol. The van der Waals surface area contributed by atoms with Crippen LogP contribution < -0.4 is 5.73 Å². The lowest BCUT2D eigenvalue weighted by Gasteiger charge is -2.36. The highest BCUT2D eigenvalue weighted by atomic mass is 19.2. The molecule has 3 heteroatoms. The molecule has 0 radical (unpaired) electrons. The lowest BCUT2D eigenvalue weighted by Crippen LogP contribution is -2.33. The summed E-state index contributed by atoms with van der Waals surface area (Å²) in [5, 5.41) is 0. The van der Waals surface area contributed by atoms with Gasteiger partial charge in [-0.3, -0.25) is 0 Å². The minimum absolute atomic E-state index is 0.555. The van der Waals surface area contributed by atoms with Crippen LogP contribution in [-0.4, -0.2) is 6.54 Å². The van der Waals surface area contributed by atoms with Gasteiger partial charge in [0.1, 0.15) is 0 Å². The van der Waals surface area contributed by atoms with Crippen LogP contribution >= 0.6 is 0 Å². The molecule has 0 bridgehead atoms. The molecular formula is C12H15F2N. The molecule has 1 saturated carbocycles. The van der Waals surface area contributed by atoms with Gasteiger partial charge in [0.25, 0.3) is 0 Å². The van der Waals surface area contributed by atoms with Crippen LogP contribution in [0.1, 0.15) is 18.4 Å². The van der Waals surface area contributed by atoms with E-state index in [1.54, 1.807) is 6.07 Å². The summed E-state index contributed by atoms with van der Waals surface area (Å²) in [5.74, 6) is -0.406. The van der Waals surface area contributed by atoms with Gasteiger partial charge in [-0.25, -0.2) is 8.78 Å². The van der Waals surface area contributed by atoms with Crippen molar-refractivity contribution < 1.29 is 8.78 Å². The Kier molecular flexibility index (Phi) is 3.00. The van der Waals surface area contributed by atoms with Crippen molar-refractivity contribution in [1.29, 1.82) is 0 Å². The quantitative estimate of drug-likeness (QED) is 0.816. The highest BCUT2D eigenvalue weighted by molar-refractivity contribution is 5.18. The minimum Gasteiger partial charge on any atom is -0.330 e. The third kappa shape index (κ3) is 2.17. The average molecular weight is 211 g/mol. The maximum Gasteiger partial charge on any atom is 0.159 e. The fraction of sp³-hybridized carbons (Fsp3) is 0.500. The normalized spacial score (nSPS) is 25.0. The zero-order valence-corrected chi connectivity index (χ0v) is 8.55. The molecule has 2 atom stereocenters. The predicted octanol–water partition coefficient (Wildman–Crippen LogP) is 2.49.